The van der Waals surface area contributed by atoms with Crippen molar-refractivity contribution in [1.82, 2.24) is 0 Å². The number of unbranched alkanes of at least 4 members (excludes halogenated alkanes) is 1. The molecule has 0 fully saturated rings. The fourth-order valence-electron chi connectivity index (χ4n) is 2.46. The zero-order chi connectivity index (χ0) is 17.5. The fraction of sp³-hybridized carbons (Fsp3) is 0.529. The maximum atomic E-state index is 12.6. The molecule has 0 unspecified atom stereocenters. The van der Waals surface area contributed by atoms with Crippen molar-refractivity contribution < 1.29 is 19.2 Å². The van der Waals surface area contributed by atoms with Crippen LogP contribution in [-0.4, -0.2) is 28.3 Å². The zero-order valence-corrected chi connectivity index (χ0v) is 13.8. The quantitative estimate of drug-likeness (QED) is 0.301. The molecule has 0 amide bonds. The van der Waals surface area contributed by atoms with Crippen LogP contribution in [0.5, 0.6) is 0 Å². The maximum absolute atomic E-state index is 12.6. The van der Waals surface area contributed by atoms with E-state index >= 15 is 0 Å². The summed E-state index contributed by atoms with van der Waals surface area (Å²) in [6, 6.07) is 8.17. The molecule has 2 atom stereocenters. The van der Waals surface area contributed by atoms with E-state index in [1.54, 1.807) is 30.3 Å². The van der Waals surface area contributed by atoms with Crippen molar-refractivity contribution >= 4 is 11.8 Å². The van der Waals surface area contributed by atoms with Gasteiger partial charge >= 0.3 is 5.97 Å². The lowest BCUT2D eigenvalue weighted by Crippen LogP contribution is -2.46. The van der Waals surface area contributed by atoms with E-state index in [4.69, 9.17) is 4.74 Å². The molecule has 1 rings (SSSR count). The molecular weight excluding hydrogens is 298 g/mol. The Morgan fingerprint density at radius 2 is 1.91 bits per heavy atom. The second-order valence-corrected chi connectivity index (χ2v) is 5.80. The normalized spacial score (nSPS) is 14.6. The summed E-state index contributed by atoms with van der Waals surface area (Å²) in [6.07, 6.45) is 1.37. The van der Waals surface area contributed by atoms with Crippen LogP contribution in [0.25, 0.3) is 0 Å². The fourth-order valence-corrected chi connectivity index (χ4v) is 2.46. The summed E-state index contributed by atoms with van der Waals surface area (Å²) in [5.41, 5.74) is -1.54. The Balaban J connectivity index is 3.04. The monoisotopic (exact) mass is 321 g/mol. The van der Waals surface area contributed by atoms with E-state index in [9.17, 15) is 19.7 Å². The number of ketones is 1. The Bertz CT molecular complexity index is 557. The number of nitrogens with zero attached hydrogens (tertiary/aromatic N) is 1. The van der Waals surface area contributed by atoms with E-state index in [2.05, 4.69) is 0 Å². The van der Waals surface area contributed by atoms with Crippen LogP contribution in [0.15, 0.2) is 30.3 Å². The van der Waals surface area contributed by atoms with Crippen LogP contribution < -0.4 is 0 Å². The third-order valence-corrected chi connectivity index (χ3v) is 3.77. The molecule has 0 aliphatic carbocycles. The van der Waals surface area contributed by atoms with Gasteiger partial charge in [-0.1, -0.05) is 50.1 Å². The first kappa shape index (κ1) is 18.8. The zero-order valence-electron chi connectivity index (χ0n) is 13.8. The van der Waals surface area contributed by atoms with Crippen LogP contribution in [0.1, 0.15) is 56.8 Å². The molecule has 0 aromatic heterocycles. The average Bonchev–Trinajstić information content (AvgIpc) is 2.51. The minimum absolute atomic E-state index is 0.132. The molecule has 0 N–H and O–H groups in total. The molecular formula is C17H23NO5. The third-order valence-electron chi connectivity index (χ3n) is 3.77. The van der Waals surface area contributed by atoms with E-state index in [0.29, 0.717) is 6.42 Å². The molecule has 0 spiro atoms. The van der Waals surface area contributed by atoms with Crippen LogP contribution in [0.3, 0.4) is 0 Å². The number of ether oxygens (including phenoxy) is 1. The Kier molecular flexibility index (Phi) is 6.88. The van der Waals surface area contributed by atoms with Gasteiger partial charge in [-0.3, -0.25) is 19.7 Å². The van der Waals surface area contributed by atoms with Crippen molar-refractivity contribution in [3.05, 3.63) is 46.0 Å². The summed E-state index contributed by atoms with van der Waals surface area (Å²) in [7, 11) is 0. The number of Topliss-reactive ketones (excluding diaryl/α,β-unsaturated/α-hetero) is 1. The SMILES string of the molecule is CCCC[C@H](C[C@@](C)(C(=O)c1ccccc1)[N+](=O)[O-])OC(C)=O. The number of benzene rings is 1. The third kappa shape index (κ3) is 5.16. The molecule has 23 heavy (non-hydrogen) atoms. The van der Waals surface area contributed by atoms with Gasteiger partial charge in [0.2, 0.25) is 5.78 Å². The first-order chi connectivity index (χ1) is 10.8. The predicted octanol–water partition coefficient (Wildman–Crippen LogP) is 3.42. The molecule has 0 radical (unpaired) electrons. The van der Waals surface area contributed by atoms with Crippen molar-refractivity contribution in [3.63, 3.8) is 0 Å². The number of rotatable bonds is 9. The highest BCUT2D eigenvalue weighted by Crippen LogP contribution is 2.26. The molecule has 1 aromatic rings. The highest BCUT2D eigenvalue weighted by Gasteiger charge is 2.48. The molecule has 6 heteroatoms. The second-order valence-electron chi connectivity index (χ2n) is 5.80. The van der Waals surface area contributed by atoms with Gasteiger partial charge in [-0.2, -0.15) is 0 Å². The molecule has 0 saturated heterocycles. The van der Waals surface area contributed by atoms with Gasteiger partial charge in [0.1, 0.15) is 6.10 Å². The van der Waals surface area contributed by atoms with Gasteiger partial charge in [-0.15, -0.1) is 0 Å². The first-order valence-electron chi connectivity index (χ1n) is 7.72. The lowest BCUT2D eigenvalue weighted by Gasteiger charge is -2.25. The molecule has 0 aliphatic heterocycles. The summed E-state index contributed by atoms with van der Waals surface area (Å²) in [5, 5.41) is 11.6. The number of carbonyl (C=O) groups excluding carboxylic acids is 2. The summed E-state index contributed by atoms with van der Waals surface area (Å²) < 4.78 is 5.19. The topological polar surface area (TPSA) is 86.5 Å². The second kappa shape index (κ2) is 8.41. The average molecular weight is 321 g/mol. The largest absolute Gasteiger partial charge is 0.462 e. The Morgan fingerprint density at radius 3 is 2.39 bits per heavy atom. The maximum Gasteiger partial charge on any atom is 0.302 e. The molecule has 0 heterocycles. The smallest absolute Gasteiger partial charge is 0.302 e. The summed E-state index contributed by atoms with van der Waals surface area (Å²) in [4.78, 5) is 34.9. The Morgan fingerprint density at radius 1 is 1.30 bits per heavy atom. The number of esters is 1. The first-order valence-corrected chi connectivity index (χ1v) is 7.72. The molecule has 0 saturated carbocycles. The number of hydrogen-bond acceptors (Lipinski definition) is 5. The van der Waals surface area contributed by atoms with Gasteiger partial charge in [0.15, 0.2) is 0 Å². The molecule has 0 bridgehead atoms. The lowest BCUT2D eigenvalue weighted by atomic mass is 9.85. The van der Waals surface area contributed by atoms with Crippen molar-refractivity contribution in [3.8, 4) is 0 Å². The van der Waals surface area contributed by atoms with Gasteiger partial charge in [0.25, 0.3) is 5.54 Å². The van der Waals surface area contributed by atoms with Gasteiger partial charge in [-0.05, 0) is 6.42 Å². The molecule has 0 aliphatic rings. The van der Waals surface area contributed by atoms with E-state index in [1.807, 2.05) is 6.92 Å². The summed E-state index contributed by atoms with van der Waals surface area (Å²) in [5.74, 6) is -1.07. The van der Waals surface area contributed by atoms with Gasteiger partial charge in [0.05, 0.1) is 6.42 Å². The van der Waals surface area contributed by atoms with Crippen molar-refractivity contribution in [2.75, 3.05) is 0 Å². The molecule has 126 valence electrons. The molecule has 1 aromatic carbocycles. The van der Waals surface area contributed by atoms with Crippen LogP contribution in [0, 0.1) is 10.1 Å². The lowest BCUT2D eigenvalue weighted by molar-refractivity contribution is -0.547. The Labute approximate surface area is 136 Å². The van der Waals surface area contributed by atoms with E-state index in [1.165, 1.54) is 13.8 Å². The highest BCUT2D eigenvalue weighted by atomic mass is 16.6. The summed E-state index contributed by atoms with van der Waals surface area (Å²) in [6.45, 7) is 4.54. The molecule has 6 nitrogen and oxygen atoms in total. The van der Waals surface area contributed by atoms with E-state index in [0.717, 1.165) is 12.8 Å². The number of hydrogen-bond donors (Lipinski definition) is 0. The minimum atomic E-state index is -1.82. The number of carbonyl (C=O) groups is 2. The van der Waals surface area contributed by atoms with Gasteiger partial charge in [-0.25, -0.2) is 0 Å². The minimum Gasteiger partial charge on any atom is -0.462 e. The van der Waals surface area contributed by atoms with Crippen LogP contribution in [0.2, 0.25) is 0 Å². The van der Waals surface area contributed by atoms with Crippen molar-refractivity contribution in [1.29, 1.82) is 0 Å². The standard InChI is InChI=1S/C17H23NO5/c1-4-5-11-15(23-13(2)19)12-17(3,18(21)22)16(20)14-9-7-6-8-10-14/h6-10,15H,4-5,11-12H2,1-3H3/t15-,17+/m1/s1. The van der Waals surface area contributed by atoms with E-state index < -0.39 is 28.3 Å². The van der Waals surface area contributed by atoms with Crippen molar-refractivity contribution in [2.45, 2.75) is 58.1 Å². The van der Waals surface area contributed by atoms with Gasteiger partial charge < -0.3 is 4.74 Å². The van der Waals surface area contributed by atoms with Crippen LogP contribution in [-0.2, 0) is 9.53 Å². The van der Waals surface area contributed by atoms with Crippen LogP contribution in [0.4, 0.5) is 0 Å². The highest BCUT2D eigenvalue weighted by molar-refractivity contribution is 6.02. The Hall–Kier alpha value is -2.24. The van der Waals surface area contributed by atoms with Crippen molar-refractivity contribution in [2.24, 2.45) is 0 Å². The van der Waals surface area contributed by atoms with Crippen LogP contribution >= 0.6 is 0 Å². The predicted molar refractivity (Wildman–Crippen MR) is 85.9 cm³/mol. The number of nitro groups is 1. The summed E-state index contributed by atoms with van der Waals surface area (Å²) >= 11 is 0. The van der Waals surface area contributed by atoms with E-state index in [-0.39, 0.29) is 12.0 Å². The van der Waals surface area contributed by atoms with Gasteiger partial charge in [0, 0.05) is 24.3 Å².